The average molecular weight is 331 g/mol. The first-order chi connectivity index (χ1) is 9.81. The number of anilines is 1. The lowest BCUT2D eigenvalue weighted by molar-refractivity contribution is 0.226. The first-order valence-corrected chi connectivity index (χ1v) is 9.24. The molecule has 1 aromatic carbocycles. The highest BCUT2D eigenvalue weighted by molar-refractivity contribution is 7.89. The Morgan fingerprint density at radius 3 is 2.57 bits per heavy atom. The largest absolute Gasteiger partial charge is 0.399 e. The smallest absolute Gasteiger partial charge is 0.242 e. The van der Waals surface area contributed by atoms with Crippen molar-refractivity contribution >= 4 is 27.3 Å². The van der Waals surface area contributed by atoms with Gasteiger partial charge in [-0.15, -0.1) is 0 Å². The monoisotopic (exact) mass is 330 g/mol. The number of hydrogen-bond donors (Lipinski definition) is 2. The summed E-state index contributed by atoms with van der Waals surface area (Å²) in [5.41, 5.74) is 6.07. The molecular formula is C15H23ClN2O2S. The highest BCUT2D eigenvalue weighted by Gasteiger charge is 2.31. The number of benzene rings is 1. The van der Waals surface area contributed by atoms with Gasteiger partial charge in [-0.2, -0.15) is 0 Å². The van der Waals surface area contributed by atoms with E-state index in [-0.39, 0.29) is 16.0 Å². The second-order valence-corrected chi connectivity index (χ2v) is 8.20. The predicted molar refractivity (Wildman–Crippen MR) is 86.8 cm³/mol. The summed E-state index contributed by atoms with van der Waals surface area (Å²) in [6, 6.07) is 4.48. The van der Waals surface area contributed by atoms with Crippen molar-refractivity contribution in [3.8, 4) is 0 Å². The predicted octanol–water partition coefficient (Wildman–Crippen LogP) is 3.42. The van der Waals surface area contributed by atoms with Crippen LogP contribution in [-0.2, 0) is 10.0 Å². The molecule has 1 aliphatic carbocycles. The lowest BCUT2D eigenvalue weighted by atomic mass is 9.78. The summed E-state index contributed by atoms with van der Waals surface area (Å²) in [5, 5.41) is 0.166. The van der Waals surface area contributed by atoms with Gasteiger partial charge in [-0.1, -0.05) is 38.3 Å². The summed E-state index contributed by atoms with van der Waals surface area (Å²) >= 11 is 6.03. The maximum atomic E-state index is 12.6. The van der Waals surface area contributed by atoms with Gasteiger partial charge in [0.2, 0.25) is 10.0 Å². The van der Waals surface area contributed by atoms with Gasteiger partial charge in [0.05, 0.1) is 5.02 Å². The van der Waals surface area contributed by atoms with Crippen LogP contribution in [0.2, 0.25) is 5.02 Å². The molecule has 1 saturated carbocycles. The topological polar surface area (TPSA) is 72.2 Å². The second kappa shape index (κ2) is 6.55. The molecule has 1 aromatic rings. The quantitative estimate of drug-likeness (QED) is 0.831. The van der Waals surface area contributed by atoms with Crippen molar-refractivity contribution in [2.24, 2.45) is 11.8 Å². The number of rotatable bonds is 4. The van der Waals surface area contributed by atoms with Crippen LogP contribution in [0.1, 0.15) is 39.5 Å². The molecule has 118 valence electrons. The lowest BCUT2D eigenvalue weighted by Gasteiger charge is -2.34. The molecule has 21 heavy (non-hydrogen) atoms. The fourth-order valence-corrected chi connectivity index (χ4v) is 4.98. The standard InChI is InChI=1S/C15H23ClN2O2S/c1-10(2)12-5-3-4-6-14(12)18-21(19,20)15-8-7-11(17)9-13(15)16/h7-10,12,14,18H,3-6,17H2,1-2H3. The van der Waals surface area contributed by atoms with E-state index in [0.717, 1.165) is 19.3 Å². The van der Waals surface area contributed by atoms with E-state index in [0.29, 0.717) is 17.5 Å². The normalized spacial score (nSPS) is 23.4. The molecule has 0 bridgehead atoms. The van der Waals surface area contributed by atoms with Gasteiger partial charge in [0.15, 0.2) is 0 Å². The Hall–Kier alpha value is -0.780. The van der Waals surface area contributed by atoms with E-state index in [4.69, 9.17) is 17.3 Å². The minimum atomic E-state index is -3.61. The SMILES string of the molecule is CC(C)C1CCCCC1NS(=O)(=O)c1ccc(N)cc1Cl. The van der Waals surface area contributed by atoms with Crippen molar-refractivity contribution in [2.75, 3.05) is 5.73 Å². The first kappa shape index (κ1) is 16.6. The Morgan fingerprint density at radius 2 is 1.95 bits per heavy atom. The Morgan fingerprint density at radius 1 is 1.29 bits per heavy atom. The lowest BCUT2D eigenvalue weighted by Crippen LogP contribution is -2.43. The summed E-state index contributed by atoms with van der Waals surface area (Å²) in [5.74, 6) is 0.834. The third-order valence-corrected chi connectivity index (χ3v) is 6.20. The molecule has 6 heteroatoms. The molecule has 2 rings (SSSR count). The zero-order chi connectivity index (χ0) is 15.6. The van der Waals surface area contributed by atoms with Crippen molar-refractivity contribution in [3.05, 3.63) is 23.2 Å². The number of sulfonamides is 1. The summed E-state index contributed by atoms with van der Waals surface area (Å²) in [6.45, 7) is 4.29. The maximum absolute atomic E-state index is 12.6. The van der Waals surface area contributed by atoms with Gasteiger partial charge < -0.3 is 5.73 Å². The van der Waals surface area contributed by atoms with E-state index in [1.54, 1.807) is 6.07 Å². The molecule has 0 spiro atoms. The van der Waals surface area contributed by atoms with E-state index in [9.17, 15) is 8.42 Å². The molecular weight excluding hydrogens is 308 g/mol. The Bertz CT molecular complexity index is 602. The molecule has 3 N–H and O–H groups in total. The van der Waals surface area contributed by atoms with Crippen LogP contribution in [0.5, 0.6) is 0 Å². The van der Waals surface area contributed by atoms with E-state index in [1.807, 2.05) is 0 Å². The van der Waals surface area contributed by atoms with Gasteiger partial charge in [0, 0.05) is 11.7 Å². The van der Waals surface area contributed by atoms with Crippen molar-refractivity contribution in [1.82, 2.24) is 4.72 Å². The number of nitrogens with two attached hydrogens (primary N) is 1. The highest BCUT2D eigenvalue weighted by atomic mass is 35.5. The molecule has 0 heterocycles. The van der Waals surface area contributed by atoms with Crippen LogP contribution in [0.25, 0.3) is 0 Å². The third kappa shape index (κ3) is 3.90. The first-order valence-electron chi connectivity index (χ1n) is 7.38. The van der Waals surface area contributed by atoms with E-state index >= 15 is 0 Å². The van der Waals surface area contributed by atoms with Crippen molar-refractivity contribution in [2.45, 2.75) is 50.5 Å². The number of nitrogen functional groups attached to an aromatic ring is 1. The van der Waals surface area contributed by atoms with E-state index < -0.39 is 10.0 Å². The Labute approximate surface area is 132 Å². The molecule has 0 aromatic heterocycles. The fraction of sp³-hybridized carbons (Fsp3) is 0.600. The van der Waals surface area contributed by atoms with Crippen LogP contribution in [-0.4, -0.2) is 14.5 Å². The molecule has 0 amide bonds. The van der Waals surface area contributed by atoms with E-state index in [1.165, 1.54) is 18.6 Å². The molecule has 1 aliphatic rings. The fourth-order valence-electron chi connectivity index (χ4n) is 3.10. The average Bonchev–Trinajstić information content (AvgIpc) is 2.37. The van der Waals surface area contributed by atoms with Crippen LogP contribution in [0.3, 0.4) is 0 Å². The van der Waals surface area contributed by atoms with Gasteiger partial charge in [-0.05, 0) is 42.9 Å². The van der Waals surface area contributed by atoms with Gasteiger partial charge >= 0.3 is 0 Å². The maximum Gasteiger partial charge on any atom is 0.242 e. The zero-order valence-corrected chi connectivity index (χ0v) is 14.0. The van der Waals surface area contributed by atoms with Crippen LogP contribution >= 0.6 is 11.6 Å². The molecule has 2 unspecified atom stereocenters. The van der Waals surface area contributed by atoms with Crippen LogP contribution in [0.15, 0.2) is 23.1 Å². The molecule has 0 saturated heterocycles. The molecule has 4 nitrogen and oxygen atoms in total. The van der Waals surface area contributed by atoms with Crippen molar-refractivity contribution < 1.29 is 8.42 Å². The summed E-state index contributed by atoms with van der Waals surface area (Å²) in [6.07, 6.45) is 4.19. The number of nitrogens with one attached hydrogen (secondary N) is 1. The summed E-state index contributed by atoms with van der Waals surface area (Å²) < 4.78 is 28.0. The molecule has 2 atom stereocenters. The summed E-state index contributed by atoms with van der Waals surface area (Å²) in [7, 11) is -3.61. The second-order valence-electron chi connectivity index (χ2n) is 6.11. The van der Waals surface area contributed by atoms with Crippen LogP contribution < -0.4 is 10.5 Å². The number of hydrogen-bond acceptors (Lipinski definition) is 3. The van der Waals surface area contributed by atoms with Gasteiger partial charge in [0.1, 0.15) is 4.90 Å². The Balaban J connectivity index is 2.23. The zero-order valence-electron chi connectivity index (χ0n) is 12.5. The third-order valence-electron chi connectivity index (χ3n) is 4.23. The summed E-state index contributed by atoms with van der Waals surface area (Å²) in [4.78, 5) is 0.103. The number of halogens is 1. The van der Waals surface area contributed by atoms with Crippen molar-refractivity contribution in [1.29, 1.82) is 0 Å². The molecule has 0 radical (unpaired) electrons. The van der Waals surface area contributed by atoms with Gasteiger partial charge in [0.25, 0.3) is 0 Å². The van der Waals surface area contributed by atoms with Gasteiger partial charge in [-0.25, -0.2) is 13.1 Å². The minimum Gasteiger partial charge on any atom is -0.399 e. The minimum absolute atomic E-state index is 0.0163. The van der Waals surface area contributed by atoms with E-state index in [2.05, 4.69) is 18.6 Å². The Kier molecular flexibility index (Phi) is 5.17. The molecule has 1 fully saturated rings. The van der Waals surface area contributed by atoms with Crippen LogP contribution in [0.4, 0.5) is 5.69 Å². The van der Waals surface area contributed by atoms with Gasteiger partial charge in [-0.3, -0.25) is 0 Å². The van der Waals surface area contributed by atoms with Crippen LogP contribution in [0, 0.1) is 11.8 Å². The molecule has 0 aliphatic heterocycles. The highest BCUT2D eigenvalue weighted by Crippen LogP contribution is 2.32. The van der Waals surface area contributed by atoms with Crippen molar-refractivity contribution in [3.63, 3.8) is 0 Å².